The van der Waals surface area contributed by atoms with Gasteiger partial charge >= 0.3 is 0 Å². The summed E-state index contributed by atoms with van der Waals surface area (Å²) in [6.07, 6.45) is 2.09. The first-order valence-corrected chi connectivity index (χ1v) is 8.47. The number of hydrogen-bond acceptors (Lipinski definition) is 4. The van der Waals surface area contributed by atoms with Crippen molar-refractivity contribution in [3.05, 3.63) is 65.2 Å². The minimum Gasteiger partial charge on any atom is -0.376 e. The molecule has 0 saturated carbocycles. The van der Waals surface area contributed by atoms with Crippen LogP contribution in [0.1, 0.15) is 39.1 Å². The van der Waals surface area contributed by atoms with Crippen molar-refractivity contribution in [2.75, 3.05) is 18.5 Å². The molecule has 1 aliphatic heterocycles. The van der Waals surface area contributed by atoms with Gasteiger partial charge in [-0.15, -0.1) is 0 Å². The van der Waals surface area contributed by atoms with Crippen molar-refractivity contribution in [2.45, 2.75) is 18.9 Å². The van der Waals surface area contributed by atoms with Crippen LogP contribution in [0, 0.1) is 11.3 Å². The lowest BCUT2D eigenvalue weighted by atomic mass is 10.1. The van der Waals surface area contributed by atoms with Crippen LogP contribution in [0.15, 0.2) is 48.5 Å². The van der Waals surface area contributed by atoms with Gasteiger partial charge in [-0.1, -0.05) is 0 Å². The van der Waals surface area contributed by atoms with Gasteiger partial charge in [-0.2, -0.15) is 5.26 Å². The predicted molar refractivity (Wildman–Crippen MR) is 96.9 cm³/mol. The second-order valence-electron chi connectivity index (χ2n) is 6.07. The molecule has 3 rings (SSSR count). The normalized spacial score (nSPS) is 15.9. The summed E-state index contributed by atoms with van der Waals surface area (Å²) in [5.41, 5.74) is 2.08. The number of nitriles is 1. The van der Waals surface area contributed by atoms with Crippen molar-refractivity contribution in [2.24, 2.45) is 0 Å². The van der Waals surface area contributed by atoms with Crippen molar-refractivity contribution in [3.8, 4) is 6.07 Å². The summed E-state index contributed by atoms with van der Waals surface area (Å²) < 4.78 is 5.48. The highest BCUT2D eigenvalue weighted by molar-refractivity contribution is 6.05. The van der Waals surface area contributed by atoms with Gasteiger partial charge in [0.2, 0.25) is 0 Å². The monoisotopic (exact) mass is 349 g/mol. The van der Waals surface area contributed by atoms with Crippen molar-refractivity contribution in [3.63, 3.8) is 0 Å². The zero-order chi connectivity index (χ0) is 18.4. The van der Waals surface area contributed by atoms with E-state index in [9.17, 15) is 9.59 Å². The summed E-state index contributed by atoms with van der Waals surface area (Å²) in [6, 6.07) is 15.1. The summed E-state index contributed by atoms with van der Waals surface area (Å²) in [6.45, 7) is 1.25. The first-order valence-electron chi connectivity index (χ1n) is 8.47. The fourth-order valence-corrected chi connectivity index (χ4v) is 2.72. The highest BCUT2D eigenvalue weighted by Crippen LogP contribution is 2.13. The molecule has 0 radical (unpaired) electrons. The molecule has 0 bridgehead atoms. The van der Waals surface area contributed by atoms with Gasteiger partial charge in [0.1, 0.15) is 0 Å². The SMILES string of the molecule is N#Cc1ccc(NC(=O)c2ccc(C(=O)NCC3CCCO3)cc2)cc1. The highest BCUT2D eigenvalue weighted by atomic mass is 16.5. The lowest BCUT2D eigenvalue weighted by Crippen LogP contribution is -2.31. The number of nitrogens with zero attached hydrogens (tertiary/aromatic N) is 1. The van der Waals surface area contributed by atoms with Crippen LogP contribution in [-0.4, -0.2) is 31.1 Å². The van der Waals surface area contributed by atoms with Crippen LogP contribution in [-0.2, 0) is 4.74 Å². The Hall–Kier alpha value is -3.17. The minimum absolute atomic E-state index is 0.0939. The third-order valence-electron chi connectivity index (χ3n) is 4.20. The summed E-state index contributed by atoms with van der Waals surface area (Å²) >= 11 is 0. The Morgan fingerprint density at radius 2 is 1.69 bits per heavy atom. The average molecular weight is 349 g/mol. The molecular formula is C20H19N3O3. The van der Waals surface area contributed by atoms with E-state index >= 15 is 0 Å². The summed E-state index contributed by atoms with van der Waals surface area (Å²) in [7, 11) is 0. The van der Waals surface area contributed by atoms with Crippen LogP contribution in [0.5, 0.6) is 0 Å². The third-order valence-corrected chi connectivity index (χ3v) is 4.20. The summed E-state index contributed by atoms with van der Waals surface area (Å²) in [5.74, 6) is -0.458. The molecule has 132 valence electrons. The van der Waals surface area contributed by atoms with Crippen molar-refractivity contribution in [1.29, 1.82) is 5.26 Å². The molecule has 0 aromatic heterocycles. The Morgan fingerprint density at radius 3 is 2.27 bits per heavy atom. The maximum atomic E-state index is 12.3. The molecule has 0 spiro atoms. The highest BCUT2D eigenvalue weighted by Gasteiger charge is 2.17. The third kappa shape index (κ3) is 4.47. The van der Waals surface area contributed by atoms with Crippen LogP contribution in [0.4, 0.5) is 5.69 Å². The molecule has 6 nitrogen and oxygen atoms in total. The standard InChI is InChI=1S/C20H19N3O3/c21-12-14-3-9-17(10-4-14)23-20(25)16-7-5-15(6-8-16)19(24)22-13-18-2-1-11-26-18/h3-10,18H,1-2,11,13H2,(H,22,24)(H,23,25). The summed E-state index contributed by atoms with van der Waals surface area (Å²) in [5, 5.41) is 14.4. The van der Waals surface area contributed by atoms with E-state index in [1.165, 1.54) is 0 Å². The fraction of sp³-hybridized carbons (Fsp3) is 0.250. The zero-order valence-corrected chi connectivity index (χ0v) is 14.2. The first kappa shape index (κ1) is 17.6. The molecule has 6 heteroatoms. The molecule has 26 heavy (non-hydrogen) atoms. The Balaban J connectivity index is 1.56. The molecule has 1 aliphatic rings. The minimum atomic E-state index is -0.277. The quantitative estimate of drug-likeness (QED) is 0.868. The number of rotatable bonds is 5. The zero-order valence-electron chi connectivity index (χ0n) is 14.2. The first-order chi connectivity index (χ1) is 12.7. The number of hydrogen-bond donors (Lipinski definition) is 2. The van der Waals surface area contributed by atoms with Crippen LogP contribution in [0.25, 0.3) is 0 Å². The number of anilines is 1. The van der Waals surface area contributed by atoms with E-state index in [2.05, 4.69) is 10.6 Å². The van der Waals surface area contributed by atoms with E-state index in [1.54, 1.807) is 48.5 Å². The molecule has 0 aliphatic carbocycles. The number of carbonyl (C=O) groups is 2. The van der Waals surface area contributed by atoms with Gasteiger partial charge in [-0.3, -0.25) is 9.59 Å². The van der Waals surface area contributed by atoms with Gasteiger partial charge in [-0.25, -0.2) is 0 Å². The van der Waals surface area contributed by atoms with Crippen LogP contribution in [0.3, 0.4) is 0 Å². The molecule has 2 aromatic rings. The van der Waals surface area contributed by atoms with Crippen LogP contribution >= 0.6 is 0 Å². The van der Waals surface area contributed by atoms with Crippen molar-refractivity contribution in [1.82, 2.24) is 5.32 Å². The van der Waals surface area contributed by atoms with E-state index < -0.39 is 0 Å². The Morgan fingerprint density at radius 1 is 1.04 bits per heavy atom. The van der Waals surface area contributed by atoms with Gasteiger partial charge in [0.05, 0.1) is 17.7 Å². The number of benzene rings is 2. The smallest absolute Gasteiger partial charge is 0.255 e. The van der Waals surface area contributed by atoms with Gasteiger partial charge < -0.3 is 15.4 Å². The van der Waals surface area contributed by atoms with E-state index in [-0.39, 0.29) is 17.9 Å². The molecule has 1 heterocycles. The number of nitrogens with one attached hydrogen (secondary N) is 2. The molecule has 1 atom stereocenters. The Bertz CT molecular complexity index is 817. The van der Waals surface area contributed by atoms with Gasteiger partial charge in [0.25, 0.3) is 11.8 Å². The maximum Gasteiger partial charge on any atom is 0.255 e. The topological polar surface area (TPSA) is 91.2 Å². The Kier molecular flexibility index (Phi) is 5.62. The largest absolute Gasteiger partial charge is 0.376 e. The van der Waals surface area contributed by atoms with E-state index in [0.29, 0.717) is 28.9 Å². The molecular weight excluding hydrogens is 330 g/mol. The van der Waals surface area contributed by atoms with Crippen molar-refractivity contribution >= 4 is 17.5 Å². The van der Waals surface area contributed by atoms with Crippen molar-refractivity contribution < 1.29 is 14.3 Å². The van der Waals surface area contributed by atoms with Gasteiger partial charge in [-0.05, 0) is 61.4 Å². The number of amides is 2. The van der Waals surface area contributed by atoms with Gasteiger partial charge in [0.15, 0.2) is 0 Å². The molecule has 1 saturated heterocycles. The predicted octanol–water partition coefficient (Wildman–Crippen LogP) is 2.72. The lowest BCUT2D eigenvalue weighted by molar-refractivity contribution is 0.0857. The molecule has 2 amide bonds. The van der Waals surface area contributed by atoms with E-state index in [0.717, 1.165) is 19.4 Å². The van der Waals surface area contributed by atoms with Gasteiger partial charge in [0, 0.05) is 30.0 Å². The maximum absolute atomic E-state index is 12.3. The lowest BCUT2D eigenvalue weighted by Gasteiger charge is -2.11. The number of ether oxygens (including phenoxy) is 1. The second kappa shape index (κ2) is 8.28. The molecule has 1 fully saturated rings. The summed E-state index contributed by atoms with van der Waals surface area (Å²) in [4.78, 5) is 24.4. The van der Waals surface area contributed by atoms with Crippen LogP contribution in [0.2, 0.25) is 0 Å². The number of carbonyl (C=O) groups excluding carboxylic acids is 2. The molecule has 1 unspecified atom stereocenters. The van der Waals surface area contributed by atoms with E-state index in [4.69, 9.17) is 10.00 Å². The second-order valence-corrected chi connectivity index (χ2v) is 6.07. The van der Waals surface area contributed by atoms with E-state index in [1.807, 2.05) is 6.07 Å². The average Bonchev–Trinajstić information content (AvgIpc) is 3.20. The molecule has 2 aromatic carbocycles. The Labute approximate surface area is 151 Å². The molecule has 2 N–H and O–H groups in total. The van der Waals surface area contributed by atoms with Crippen LogP contribution < -0.4 is 10.6 Å². The fourth-order valence-electron chi connectivity index (χ4n) is 2.72.